The molecule has 0 aliphatic carbocycles. The van der Waals surface area contributed by atoms with Crippen molar-refractivity contribution in [2.24, 2.45) is 0 Å². The number of hydrogen-bond acceptors (Lipinski definition) is 4. The molecule has 1 heterocycles. The van der Waals surface area contributed by atoms with E-state index in [2.05, 4.69) is 11.8 Å². The van der Waals surface area contributed by atoms with Gasteiger partial charge in [-0.25, -0.2) is 0 Å². The van der Waals surface area contributed by atoms with Crippen molar-refractivity contribution in [1.29, 1.82) is 0 Å². The van der Waals surface area contributed by atoms with Crippen molar-refractivity contribution in [3.8, 4) is 0 Å². The minimum atomic E-state index is -0.113. The van der Waals surface area contributed by atoms with Gasteiger partial charge < -0.3 is 19.8 Å². The molecule has 100 valence electrons. The van der Waals surface area contributed by atoms with Crippen LogP contribution in [0, 0.1) is 6.92 Å². The molecule has 1 aliphatic heterocycles. The number of ether oxygens (including phenoxy) is 1. The molecule has 0 aromatic heterocycles. The van der Waals surface area contributed by atoms with E-state index >= 15 is 0 Å². The first kappa shape index (κ1) is 13.3. The summed E-state index contributed by atoms with van der Waals surface area (Å²) in [7, 11) is 0. The summed E-state index contributed by atoms with van der Waals surface area (Å²) in [4.78, 5) is 2.26. The molecular weight excluding hydrogens is 230 g/mol. The molecule has 1 saturated heterocycles. The van der Waals surface area contributed by atoms with E-state index in [0.717, 1.165) is 16.8 Å². The Bertz CT molecular complexity index is 408. The van der Waals surface area contributed by atoms with Crippen LogP contribution in [0.4, 0.5) is 5.69 Å². The Morgan fingerprint density at radius 3 is 2.78 bits per heavy atom. The lowest BCUT2D eigenvalue weighted by Crippen LogP contribution is -2.49. The topological polar surface area (TPSA) is 52.9 Å². The van der Waals surface area contributed by atoms with E-state index in [1.165, 1.54) is 0 Å². The zero-order valence-corrected chi connectivity index (χ0v) is 11.0. The Hall–Kier alpha value is -1.10. The first-order valence-electron chi connectivity index (χ1n) is 6.35. The maximum atomic E-state index is 9.21. The van der Waals surface area contributed by atoms with Crippen LogP contribution < -0.4 is 4.90 Å². The Morgan fingerprint density at radius 2 is 2.17 bits per heavy atom. The van der Waals surface area contributed by atoms with Crippen LogP contribution >= 0.6 is 0 Å². The van der Waals surface area contributed by atoms with Gasteiger partial charge in [0.15, 0.2) is 0 Å². The van der Waals surface area contributed by atoms with Crippen molar-refractivity contribution < 1.29 is 14.9 Å². The van der Waals surface area contributed by atoms with Gasteiger partial charge >= 0.3 is 0 Å². The molecule has 0 spiro atoms. The molecule has 4 heteroatoms. The van der Waals surface area contributed by atoms with Crippen molar-refractivity contribution in [3.05, 3.63) is 29.3 Å². The highest BCUT2D eigenvalue weighted by atomic mass is 16.5. The van der Waals surface area contributed by atoms with Crippen molar-refractivity contribution >= 4 is 5.69 Å². The van der Waals surface area contributed by atoms with Crippen molar-refractivity contribution in [2.75, 3.05) is 24.7 Å². The standard InChI is InChI=1S/C14H21NO3/c1-10-5-12(7-16)3-4-14(10)15-6-13(8-17)18-9-11(15)2/h3-5,11,13,16-17H,6-9H2,1-2H3. The first-order valence-corrected chi connectivity index (χ1v) is 6.35. The van der Waals surface area contributed by atoms with Crippen LogP contribution in [-0.4, -0.2) is 42.1 Å². The summed E-state index contributed by atoms with van der Waals surface area (Å²) in [6, 6.07) is 6.28. The fourth-order valence-corrected chi connectivity index (χ4v) is 2.40. The van der Waals surface area contributed by atoms with E-state index < -0.39 is 0 Å². The number of benzene rings is 1. The molecule has 2 unspecified atom stereocenters. The molecule has 2 N–H and O–H groups in total. The monoisotopic (exact) mass is 251 g/mol. The largest absolute Gasteiger partial charge is 0.394 e. The van der Waals surface area contributed by atoms with Crippen LogP contribution in [0.5, 0.6) is 0 Å². The number of aliphatic hydroxyl groups is 2. The van der Waals surface area contributed by atoms with Gasteiger partial charge in [0.2, 0.25) is 0 Å². The SMILES string of the molecule is Cc1cc(CO)ccc1N1CC(CO)OCC1C. The summed E-state index contributed by atoms with van der Waals surface area (Å²) in [5.41, 5.74) is 3.23. The van der Waals surface area contributed by atoms with Crippen LogP contribution in [0.15, 0.2) is 18.2 Å². The molecule has 1 aromatic rings. The fourth-order valence-electron chi connectivity index (χ4n) is 2.40. The molecular formula is C14H21NO3. The van der Waals surface area contributed by atoms with Gasteiger partial charge in [-0.05, 0) is 31.0 Å². The van der Waals surface area contributed by atoms with E-state index in [-0.39, 0.29) is 19.3 Å². The number of hydrogen-bond donors (Lipinski definition) is 2. The summed E-state index contributed by atoms with van der Waals surface area (Å²) < 4.78 is 5.54. The van der Waals surface area contributed by atoms with Gasteiger partial charge in [-0.3, -0.25) is 0 Å². The van der Waals surface area contributed by atoms with Crippen LogP contribution in [0.25, 0.3) is 0 Å². The Morgan fingerprint density at radius 1 is 1.39 bits per heavy atom. The lowest BCUT2D eigenvalue weighted by atomic mass is 10.1. The maximum absolute atomic E-state index is 9.21. The third kappa shape index (κ3) is 2.66. The molecule has 1 aliphatic rings. The molecule has 0 bridgehead atoms. The average molecular weight is 251 g/mol. The summed E-state index contributed by atoms with van der Waals surface area (Å²) in [6.45, 7) is 5.62. The third-order valence-corrected chi connectivity index (χ3v) is 3.46. The predicted molar refractivity (Wildman–Crippen MR) is 70.7 cm³/mol. The summed E-state index contributed by atoms with van der Waals surface area (Å²) in [5, 5.41) is 18.3. The zero-order valence-electron chi connectivity index (χ0n) is 11.0. The van der Waals surface area contributed by atoms with Gasteiger partial charge in [-0.15, -0.1) is 0 Å². The Balaban J connectivity index is 2.23. The molecule has 2 rings (SSSR count). The smallest absolute Gasteiger partial charge is 0.0981 e. The number of aliphatic hydroxyl groups excluding tert-OH is 2. The molecule has 0 amide bonds. The second kappa shape index (κ2) is 5.69. The Labute approximate surface area is 108 Å². The maximum Gasteiger partial charge on any atom is 0.0981 e. The quantitative estimate of drug-likeness (QED) is 0.844. The van der Waals surface area contributed by atoms with Gasteiger partial charge in [-0.1, -0.05) is 12.1 Å². The minimum absolute atomic E-state index is 0.0526. The highest BCUT2D eigenvalue weighted by Crippen LogP contribution is 2.26. The number of rotatable bonds is 3. The first-order chi connectivity index (χ1) is 8.65. The highest BCUT2D eigenvalue weighted by Gasteiger charge is 2.26. The van der Waals surface area contributed by atoms with Crippen LogP contribution in [0.1, 0.15) is 18.1 Å². The number of nitrogens with zero attached hydrogens (tertiary/aromatic N) is 1. The fraction of sp³-hybridized carbons (Fsp3) is 0.571. The van der Waals surface area contributed by atoms with Crippen LogP contribution in [-0.2, 0) is 11.3 Å². The minimum Gasteiger partial charge on any atom is -0.394 e. The number of morpholine rings is 1. The Kier molecular flexibility index (Phi) is 4.22. The average Bonchev–Trinajstić information content (AvgIpc) is 2.39. The normalized spacial score (nSPS) is 24.3. The molecule has 4 nitrogen and oxygen atoms in total. The van der Waals surface area contributed by atoms with Gasteiger partial charge in [0.05, 0.1) is 25.9 Å². The van der Waals surface area contributed by atoms with Crippen molar-refractivity contribution in [1.82, 2.24) is 0 Å². The number of aryl methyl sites for hydroxylation is 1. The van der Waals surface area contributed by atoms with Crippen LogP contribution in [0.2, 0.25) is 0 Å². The second-order valence-electron chi connectivity index (χ2n) is 4.92. The van der Waals surface area contributed by atoms with E-state index in [1.54, 1.807) is 0 Å². The predicted octanol–water partition coefficient (Wildman–Crippen LogP) is 1.07. The molecule has 1 aromatic carbocycles. The summed E-state index contributed by atoms with van der Waals surface area (Å²) in [5.74, 6) is 0. The summed E-state index contributed by atoms with van der Waals surface area (Å²) in [6.07, 6.45) is -0.113. The van der Waals surface area contributed by atoms with Gasteiger partial charge in [0.25, 0.3) is 0 Å². The molecule has 0 radical (unpaired) electrons. The lowest BCUT2D eigenvalue weighted by Gasteiger charge is -2.39. The lowest BCUT2D eigenvalue weighted by molar-refractivity contribution is -0.0103. The zero-order chi connectivity index (χ0) is 13.1. The van der Waals surface area contributed by atoms with Gasteiger partial charge in [0, 0.05) is 18.3 Å². The van der Waals surface area contributed by atoms with Gasteiger partial charge in [-0.2, -0.15) is 0 Å². The van der Waals surface area contributed by atoms with E-state index in [9.17, 15) is 5.11 Å². The van der Waals surface area contributed by atoms with E-state index in [0.29, 0.717) is 19.2 Å². The van der Waals surface area contributed by atoms with E-state index in [1.807, 2.05) is 25.1 Å². The van der Waals surface area contributed by atoms with Gasteiger partial charge in [0.1, 0.15) is 0 Å². The number of anilines is 1. The summed E-state index contributed by atoms with van der Waals surface area (Å²) >= 11 is 0. The van der Waals surface area contributed by atoms with E-state index in [4.69, 9.17) is 9.84 Å². The second-order valence-corrected chi connectivity index (χ2v) is 4.92. The molecule has 2 atom stereocenters. The molecule has 1 fully saturated rings. The molecule has 0 saturated carbocycles. The van der Waals surface area contributed by atoms with Crippen molar-refractivity contribution in [3.63, 3.8) is 0 Å². The van der Waals surface area contributed by atoms with Crippen LogP contribution in [0.3, 0.4) is 0 Å². The third-order valence-electron chi connectivity index (χ3n) is 3.46. The molecule has 18 heavy (non-hydrogen) atoms. The van der Waals surface area contributed by atoms with Crippen molar-refractivity contribution in [2.45, 2.75) is 32.6 Å². The highest BCUT2D eigenvalue weighted by molar-refractivity contribution is 5.55.